The van der Waals surface area contributed by atoms with Gasteiger partial charge >= 0.3 is 0 Å². The smallest absolute Gasteiger partial charge is 0.238 e. The molecule has 0 spiro atoms. The van der Waals surface area contributed by atoms with Gasteiger partial charge in [0, 0.05) is 16.0 Å². The van der Waals surface area contributed by atoms with Gasteiger partial charge in [0.15, 0.2) is 0 Å². The normalized spacial score (nSPS) is 16.4. The van der Waals surface area contributed by atoms with Gasteiger partial charge in [-0.3, -0.25) is 4.79 Å². The van der Waals surface area contributed by atoms with Crippen molar-refractivity contribution in [1.29, 1.82) is 0 Å². The molecule has 25 heavy (non-hydrogen) atoms. The molecule has 0 aromatic heterocycles. The highest BCUT2D eigenvalue weighted by atomic mass is 35.5. The Balaban J connectivity index is 1.82. The zero-order valence-electron chi connectivity index (χ0n) is 13.7. The Bertz CT molecular complexity index is 721. The van der Waals surface area contributed by atoms with E-state index in [0.29, 0.717) is 10.0 Å². The molecule has 3 nitrogen and oxygen atoms in total. The predicted octanol–water partition coefficient (Wildman–Crippen LogP) is 4.70. The minimum atomic E-state index is -0.368. The molecule has 2 aromatic carbocycles. The molecule has 1 aliphatic rings. The average molecular weight is 395 g/mol. The van der Waals surface area contributed by atoms with E-state index in [1.165, 1.54) is 11.8 Å². The number of halogens is 2. The van der Waals surface area contributed by atoms with Crippen molar-refractivity contribution in [3.8, 4) is 0 Å². The molecule has 6 heteroatoms. The zero-order valence-corrected chi connectivity index (χ0v) is 16.0. The molecule has 0 saturated carbocycles. The Morgan fingerprint density at radius 1 is 1.12 bits per heavy atom. The van der Waals surface area contributed by atoms with Gasteiger partial charge in [0.2, 0.25) is 5.91 Å². The lowest BCUT2D eigenvalue weighted by molar-refractivity contribution is -0.121. The second kappa shape index (κ2) is 8.95. The largest absolute Gasteiger partial charge is 0.352 e. The molecule has 1 heterocycles. The van der Waals surface area contributed by atoms with Crippen LogP contribution in [0.25, 0.3) is 0 Å². The number of carbonyl (C=O) groups is 1. The average Bonchev–Trinajstić information content (AvgIpc) is 2.64. The molecule has 1 fully saturated rings. The lowest BCUT2D eigenvalue weighted by Crippen LogP contribution is -2.44. The first kappa shape index (κ1) is 18.6. The maximum atomic E-state index is 13.0. The van der Waals surface area contributed by atoms with Gasteiger partial charge in [0.25, 0.3) is 0 Å². The van der Waals surface area contributed by atoms with Crippen molar-refractivity contribution >= 4 is 40.9 Å². The first-order chi connectivity index (χ1) is 12.1. The van der Waals surface area contributed by atoms with Crippen molar-refractivity contribution in [3.05, 3.63) is 64.1 Å². The zero-order chi connectivity index (χ0) is 17.6. The number of nitrogens with one attached hydrogen (secondary N) is 2. The van der Waals surface area contributed by atoms with Crippen LogP contribution < -0.4 is 10.6 Å². The summed E-state index contributed by atoms with van der Waals surface area (Å²) in [5.74, 6) is 0.0131. The highest BCUT2D eigenvalue weighted by Crippen LogP contribution is 2.40. The van der Waals surface area contributed by atoms with Crippen LogP contribution in [0.15, 0.2) is 53.4 Å². The fourth-order valence-electron chi connectivity index (χ4n) is 2.84. The lowest BCUT2D eigenvalue weighted by atomic mass is 10.1. The van der Waals surface area contributed by atoms with Crippen molar-refractivity contribution in [2.24, 2.45) is 0 Å². The third-order valence-corrected chi connectivity index (χ3v) is 6.15. The molecule has 132 valence electrons. The molecule has 1 saturated heterocycles. The number of rotatable bonds is 5. The first-order valence-corrected chi connectivity index (χ1v) is 9.95. The van der Waals surface area contributed by atoms with E-state index in [9.17, 15) is 4.79 Å². The third-order valence-electron chi connectivity index (χ3n) is 4.16. The summed E-state index contributed by atoms with van der Waals surface area (Å²) in [4.78, 5) is 13.8. The topological polar surface area (TPSA) is 41.1 Å². The van der Waals surface area contributed by atoms with Crippen LogP contribution in [0.3, 0.4) is 0 Å². The quantitative estimate of drug-likeness (QED) is 0.722. The molecule has 0 radical (unpaired) electrons. The highest BCUT2D eigenvalue weighted by molar-refractivity contribution is 8.00. The van der Waals surface area contributed by atoms with Gasteiger partial charge in [-0.1, -0.05) is 53.5 Å². The minimum absolute atomic E-state index is 0.0131. The van der Waals surface area contributed by atoms with E-state index in [1.54, 1.807) is 12.1 Å². The molecule has 2 aromatic rings. The summed E-state index contributed by atoms with van der Waals surface area (Å²) in [6, 6.07) is 15.3. The van der Waals surface area contributed by atoms with Gasteiger partial charge in [-0.05, 0) is 49.7 Å². The van der Waals surface area contributed by atoms with Crippen molar-refractivity contribution in [2.75, 3.05) is 13.1 Å². The predicted molar refractivity (Wildman–Crippen MR) is 106 cm³/mol. The van der Waals surface area contributed by atoms with Crippen molar-refractivity contribution in [1.82, 2.24) is 10.6 Å². The molecular formula is C19H20Cl2N2OS. The second-order valence-corrected chi connectivity index (χ2v) is 8.01. The van der Waals surface area contributed by atoms with Gasteiger partial charge in [-0.15, -0.1) is 11.8 Å². The molecule has 3 rings (SSSR count). The monoisotopic (exact) mass is 394 g/mol. The van der Waals surface area contributed by atoms with Crippen molar-refractivity contribution < 1.29 is 4.79 Å². The molecule has 2 N–H and O–H groups in total. The number of carbonyl (C=O) groups excluding carboxylic acids is 1. The maximum Gasteiger partial charge on any atom is 0.238 e. The summed E-state index contributed by atoms with van der Waals surface area (Å²) < 4.78 is 0. The molecule has 1 aliphatic heterocycles. The Labute approximate surface area is 162 Å². The molecular weight excluding hydrogens is 375 g/mol. The van der Waals surface area contributed by atoms with Crippen LogP contribution in [0.1, 0.15) is 23.7 Å². The molecule has 1 atom stereocenters. The minimum Gasteiger partial charge on any atom is -0.352 e. The van der Waals surface area contributed by atoms with Crippen molar-refractivity contribution in [2.45, 2.75) is 29.0 Å². The van der Waals surface area contributed by atoms with Crippen LogP contribution in [0, 0.1) is 0 Å². The maximum absolute atomic E-state index is 13.0. The van der Waals surface area contributed by atoms with Crippen LogP contribution in [-0.4, -0.2) is 25.0 Å². The van der Waals surface area contributed by atoms with Gasteiger partial charge in [-0.25, -0.2) is 0 Å². The second-order valence-electron chi connectivity index (χ2n) is 6.02. The molecule has 1 amide bonds. The van der Waals surface area contributed by atoms with Gasteiger partial charge in [-0.2, -0.15) is 0 Å². The van der Waals surface area contributed by atoms with Crippen LogP contribution in [-0.2, 0) is 4.79 Å². The third kappa shape index (κ3) is 5.14. The SMILES string of the molecule is O=C(NC1CCNCC1)C(Sc1cc(Cl)ccc1Cl)c1ccccc1. The van der Waals surface area contributed by atoms with E-state index in [1.807, 2.05) is 36.4 Å². The van der Waals surface area contributed by atoms with E-state index >= 15 is 0 Å². The van der Waals surface area contributed by atoms with E-state index in [4.69, 9.17) is 23.2 Å². The number of benzene rings is 2. The summed E-state index contributed by atoms with van der Waals surface area (Å²) in [6.45, 7) is 1.88. The fraction of sp³-hybridized carbons (Fsp3) is 0.316. The van der Waals surface area contributed by atoms with Crippen LogP contribution in [0.2, 0.25) is 10.0 Å². The van der Waals surface area contributed by atoms with E-state index in [0.717, 1.165) is 36.4 Å². The van der Waals surface area contributed by atoms with Gasteiger partial charge in [0.05, 0.1) is 5.02 Å². The number of hydrogen-bond acceptors (Lipinski definition) is 3. The van der Waals surface area contributed by atoms with Crippen LogP contribution >= 0.6 is 35.0 Å². The Morgan fingerprint density at radius 2 is 1.84 bits per heavy atom. The Hall–Kier alpha value is -1.20. The lowest BCUT2D eigenvalue weighted by Gasteiger charge is -2.26. The van der Waals surface area contributed by atoms with E-state index in [2.05, 4.69) is 10.6 Å². The summed E-state index contributed by atoms with van der Waals surface area (Å²) in [5, 5.41) is 7.35. The van der Waals surface area contributed by atoms with Crippen LogP contribution in [0.4, 0.5) is 0 Å². The standard InChI is InChI=1S/C19H20Cl2N2OS/c20-14-6-7-16(21)17(12-14)25-18(13-4-2-1-3-5-13)19(24)23-15-8-10-22-11-9-15/h1-7,12,15,18,22H,8-11H2,(H,23,24). The summed E-state index contributed by atoms with van der Waals surface area (Å²) in [6.07, 6.45) is 1.91. The van der Waals surface area contributed by atoms with E-state index < -0.39 is 0 Å². The fourth-order valence-corrected chi connectivity index (χ4v) is 4.42. The number of piperidine rings is 1. The summed E-state index contributed by atoms with van der Waals surface area (Å²) >= 11 is 13.8. The first-order valence-electron chi connectivity index (χ1n) is 8.31. The molecule has 0 bridgehead atoms. The van der Waals surface area contributed by atoms with Crippen LogP contribution in [0.5, 0.6) is 0 Å². The number of hydrogen-bond donors (Lipinski definition) is 2. The van der Waals surface area contributed by atoms with E-state index in [-0.39, 0.29) is 17.2 Å². The summed E-state index contributed by atoms with van der Waals surface area (Å²) in [7, 11) is 0. The number of thioether (sulfide) groups is 1. The number of amides is 1. The molecule has 1 unspecified atom stereocenters. The molecule has 0 aliphatic carbocycles. The summed E-state index contributed by atoms with van der Waals surface area (Å²) in [5.41, 5.74) is 0.954. The van der Waals surface area contributed by atoms with Crippen molar-refractivity contribution in [3.63, 3.8) is 0 Å². The Kier molecular flexibility index (Phi) is 6.65. The Morgan fingerprint density at radius 3 is 2.56 bits per heavy atom. The van der Waals surface area contributed by atoms with Gasteiger partial charge < -0.3 is 10.6 Å². The van der Waals surface area contributed by atoms with Gasteiger partial charge in [0.1, 0.15) is 5.25 Å². The highest BCUT2D eigenvalue weighted by Gasteiger charge is 2.26.